The number of hydrogen-bond acceptors (Lipinski definition) is 4. The maximum absolute atomic E-state index is 12.9. The molecule has 31 heavy (non-hydrogen) atoms. The van der Waals surface area contributed by atoms with Crippen LogP contribution in [0.3, 0.4) is 0 Å². The zero-order valence-corrected chi connectivity index (χ0v) is 17.5. The summed E-state index contributed by atoms with van der Waals surface area (Å²) in [6.45, 7) is 4.46. The number of rotatable bonds is 7. The lowest BCUT2D eigenvalue weighted by Gasteiger charge is -2.36. The van der Waals surface area contributed by atoms with Crippen molar-refractivity contribution in [3.05, 3.63) is 54.1 Å². The van der Waals surface area contributed by atoms with Crippen molar-refractivity contribution in [3.63, 3.8) is 0 Å². The van der Waals surface area contributed by atoms with Gasteiger partial charge in [0.15, 0.2) is 5.96 Å². The quantitative estimate of drug-likeness (QED) is 0.395. The standard InChI is InChI=1S/C22H28F3N5O/c1-31-20-8-3-6-18(16-20)28-21(26)27-9-4-10-29-11-13-30(14-12-29)19-7-2-5-17(15-19)22(23,24)25/h2-3,5-8,15-16H,4,9-14H2,1H3,(H3,26,27,28). The molecule has 3 N–H and O–H groups in total. The summed E-state index contributed by atoms with van der Waals surface area (Å²) in [6.07, 6.45) is -3.47. The molecule has 0 aliphatic carbocycles. The third-order valence-electron chi connectivity index (χ3n) is 5.17. The van der Waals surface area contributed by atoms with Crippen LogP contribution in [0.5, 0.6) is 5.75 Å². The van der Waals surface area contributed by atoms with Crippen LogP contribution in [-0.4, -0.2) is 57.2 Å². The van der Waals surface area contributed by atoms with Gasteiger partial charge in [-0.05, 0) is 36.8 Å². The second-order valence-electron chi connectivity index (χ2n) is 7.35. The molecule has 6 nitrogen and oxygen atoms in total. The van der Waals surface area contributed by atoms with Crippen molar-refractivity contribution in [3.8, 4) is 5.75 Å². The largest absolute Gasteiger partial charge is 0.497 e. The van der Waals surface area contributed by atoms with E-state index < -0.39 is 11.7 Å². The molecule has 2 aromatic rings. The number of aliphatic imine (C=N–C) groups is 1. The van der Waals surface area contributed by atoms with E-state index in [1.54, 1.807) is 13.2 Å². The summed E-state index contributed by atoms with van der Waals surface area (Å²) in [5.41, 5.74) is 6.77. The van der Waals surface area contributed by atoms with E-state index in [9.17, 15) is 13.2 Å². The second kappa shape index (κ2) is 10.4. The van der Waals surface area contributed by atoms with Crippen LogP contribution in [0.1, 0.15) is 12.0 Å². The minimum Gasteiger partial charge on any atom is -0.497 e. The predicted octanol–water partition coefficient (Wildman–Crippen LogP) is 3.65. The smallest absolute Gasteiger partial charge is 0.416 e. The highest BCUT2D eigenvalue weighted by Crippen LogP contribution is 2.31. The van der Waals surface area contributed by atoms with Gasteiger partial charge in [-0.2, -0.15) is 13.2 Å². The summed E-state index contributed by atoms with van der Waals surface area (Å²) in [5, 5.41) is 3.04. The Hall–Kier alpha value is -2.94. The Labute approximate surface area is 180 Å². The molecule has 0 radical (unpaired) electrons. The first-order valence-corrected chi connectivity index (χ1v) is 10.2. The highest BCUT2D eigenvalue weighted by Gasteiger charge is 2.31. The fraction of sp³-hybridized carbons (Fsp3) is 0.409. The van der Waals surface area contributed by atoms with E-state index in [1.165, 1.54) is 12.1 Å². The molecule has 168 valence electrons. The minimum absolute atomic E-state index is 0.350. The van der Waals surface area contributed by atoms with E-state index in [2.05, 4.69) is 15.2 Å². The normalized spacial score (nSPS) is 15.7. The van der Waals surface area contributed by atoms with Crippen molar-refractivity contribution >= 4 is 17.3 Å². The monoisotopic (exact) mass is 435 g/mol. The first kappa shape index (κ1) is 22.7. The van der Waals surface area contributed by atoms with Crippen molar-refractivity contribution in [2.75, 3.05) is 56.6 Å². The fourth-order valence-electron chi connectivity index (χ4n) is 3.49. The highest BCUT2D eigenvalue weighted by atomic mass is 19.4. The third kappa shape index (κ3) is 6.78. The van der Waals surface area contributed by atoms with Gasteiger partial charge < -0.3 is 20.7 Å². The van der Waals surface area contributed by atoms with Gasteiger partial charge in [-0.15, -0.1) is 0 Å². The molecule has 0 unspecified atom stereocenters. The number of nitrogens with one attached hydrogen (secondary N) is 1. The molecule has 0 aromatic heterocycles. The summed E-state index contributed by atoms with van der Waals surface area (Å²) in [5.74, 6) is 1.09. The first-order chi connectivity index (χ1) is 14.8. The number of piperazine rings is 1. The number of alkyl halides is 3. The third-order valence-corrected chi connectivity index (χ3v) is 5.17. The molecule has 0 bridgehead atoms. The molecule has 1 aliphatic rings. The van der Waals surface area contributed by atoms with Crippen molar-refractivity contribution in [1.29, 1.82) is 0 Å². The molecule has 3 rings (SSSR count). The van der Waals surface area contributed by atoms with Gasteiger partial charge in [0, 0.05) is 56.7 Å². The van der Waals surface area contributed by atoms with Gasteiger partial charge in [0.25, 0.3) is 0 Å². The molecule has 1 aliphatic heterocycles. The second-order valence-corrected chi connectivity index (χ2v) is 7.35. The van der Waals surface area contributed by atoms with Crippen LogP contribution in [-0.2, 0) is 6.18 Å². The highest BCUT2D eigenvalue weighted by molar-refractivity contribution is 5.92. The number of benzene rings is 2. The summed E-state index contributed by atoms with van der Waals surface area (Å²) in [6, 6.07) is 13.0. The molecule has 0 atom stereocenters. The Morgan fingerprint density at radius 3 is 2.55 bits per heavy atom. The molecule has 0 amide bonds. The Balaban J connectivity index is 1.40. The average Bonchev–Trinajstić information content (AvgIpc) is 2.77. The molecule has 0 saturated carbocycles. The Kier molecular flexibility index (Phi) is 7.62. The van der Waals surface area contributed by atoms with Crippen LogP contribution >= 0.6 is 0 Å². The molecular formula is C22H28F3N5O. The lowest BCUT2D eigenvalue weighted by atomic mass is 10.1. The zero-order chi connectivity index (χ0) is 22.3. The van der Waals surface area contributed by atoms with Crippen molar-refractivity contribution in [2.45, 2.75) is 12.6 Å². The van der Waals surface area contributed by atoms with Crippen LogP contribution in [0.2, 0.25) is 0 Å². The Morgan fingerprint density at radius 1 is 1.10 bits per heavy atom. The molecule has 9 heteroatoms. The summed E-state index contributed by atoms with van der Waals surface area (Å²) in [7, 11) is 1.61. The maximum Gasteiger partial charge on any atom is 0.416 e. The van der Waals surface area contributed by atoms with E-state index in [0.717, 1.165) is 43.6 Å². The number of halogens is 3. The lowest BCUT2D eigenvalue weighted by molar-refractivity contribution is -0.137. The van der Waals surface area contributed by atoms with E-state index in [-0.39, 0.29) is 0 Å². The Bertz CT molecular complexity index is 879. The fourth-order valence-corrected chi connectivity index (χ4v) is 3.49. The van der Waals surface area contributed by atoms with Gasteiger partial charge in [0.1, 0.15) is 5.75 Å². The average molecular weight is 435 g/mol. The summed E-state index contributed by atoms with van der Waals surface area (Å²) in [4.78, 5) is 8.65. The van der Waals surface area contributed by atoms with Gasteiger partial charge in [0.05, 0.1) is 12.7 Å². The molecule has 2 aromatic carbocycles. The van der Waals surface area contributed by atoms with Crippen LogP contribution < -0.4 is 20.7 Å². The van der Waals surface area contributed by atoms with Gasteiger partial charge in [-0.1, -0.05) is 12.1 Å². The summed E-state index contributed by atoms with van der Waals surface area (Å²) >= 11 is 0. The van der Waals surface area contributed by atoms with Gasteiger partial charge in [0.2, 0.25) is 0 Å². The van der Waals surface area contributed by atoms with Crippen molar-refractivity contribution in [2.24, 2.45) is 10.7 Å². The molecule has 1 saturated heterocycles. The van der Waals surface area contributed by atoms with Crippen LogP contribution in [0.4, 0.5) is 24.5 Å². The lowest BCUT2D eigenvalue weighted by Crippen LogP contribution is -2.46. The van der Waals surface area contributed by atoms with E-state index >= 15 is 0 Å². The van der Waals surface area contributed by atoms with Crippen LogP contribution in [0, 0.1) is 0 Å². The maximum atomic E-state index is 12.9. The predicted molar refractivity (Wildman–Crippen MR) is 118 cm³/mol. The van der Waals surface area contributed by atoms with E-state index in [1.807, 2.05) is 29.2 Å². The van der Waals surface area contributed by atoms with Crippen molar-refractivity contribution in [1.82, 2.24) is 4.90 Å². The van der Waals surface area contributed by atoms with Gasteiger partial charge in [-0.3, -0.25) is 9.89 Å². The minimum atomic E-state index is -4.32. The van der Waals surface area contributed by atoms with Crippen LogP contribution in [0.15, 0.2) is 53.5 Å². The number of nitrogens with zero attached hydrogens (tertiary/aromatic N) is 3. The number of hydrogen-bond donors (Lipinski definition) is 2. The van der Waals surface area contributed by atoms with Crippen LogP contribution in [0.25, 0.3) is 0 Å². The molecule has 1 fully saturated rings. The molecular weight excluding hydrogens is 407 g/mol. The zero-order valence-electron chi connectivity index (χ0n) is 17.5. The topological polar surface area (TPSA) is 66.1 Å². The molecule has 1 heterocycles. The number of ether oxygens (including phenoxy) is 1. The number of methoxy groups -OCH3 is 1. The number of nitrogens with two attached hydrogens (primary N) is 1. The van der Waals surface area contributed by atoms with Gasteiger partial charge in [-0.25, -0.2) is 0 Å². The number of anilines is 2. The molecule has 0 spiro atoms. The Morgan fingerprint density at radius 2 is 1.84 bits per heavy atom. The first-order valence-electron chi connectivity index (χ1n) is 10.2. The SMILES string of the molecule is COc1cccc(NC(N)=NCCCN2CCN(c3cccc(C(F)(F)F)c3)CC2)c1. The summed E-state index contributed by atoms with van der Waals surface area (Å²) < 4.78 is 44.0. The van der Waals surface area contributed by atoms with Gasteiger partial charge >= 0.3 is 6.18 Å². The van der Waals surface area contributed by atoms with E-state index in [4.69, 9.17) is 10.5 Å². The van der Waals surface area contributed by atoms with Crippen molar-refractivity contribution < 1.29 is 17.9 Å². The number of guanidine groups is 1. The van der Waals surface area contributed by atoms with E-state index in [0.29, 0.717) is 31.3 Å².